The third kappa shape index (κ3) is 2.64. The summed E-state index contributed by atoms with van der Waals surface area (Å²) in [7, 11) is 1.43. The molecular formula is C14H9BrClFO3. The van der Waals surface area contributed by atoms with Gasteiger partial charge in [-0.1, -0.05) is 17.7 Å². The molecule has 0 aliphatic carbocycles. The van der Waals surface area contributed by atoms with Gasteiger partial charge in [0.2, 0.25) is 0 Å². The van der Waals surface area contributed by atoms with E-state index in [9.17, 15) is 9.18 Å². The Balaban J connectivity index is 2.70. The summed E-state index contributed by atoms with van der Waals surface area (Å²) >= 11 is 8.98. The predicted molar refractivity (Wildman–Crippen MR) is 78.1 cm³/mol. The molecule has 2 aromatic rings. The van der Waals surface area contributed by atoms with E-state index in [1.807, 2.05) is 0 Å². The molecule has 1 N–H and O–H groups in total. The van der Waals surface area contributed by atoms with Crippen molar-refractivity contribution in [2.75, 3.05) is 7.11 Å². The van der Waals surface area contributed by atoms with Crippen LogP contribution in [0.4, 0.5) is 4.39 Å². The van der Waals surface area contributed by atoms with Gasteiger partial charge in [-0.3, -0.25) is 0 Å². The fourth-order valence-electron chi connectivity index (χ4n) is 1.79. The van der Waals surface area contributed by atoms with Gasteiger partial charge in [-0.2, -0.15) is 0 Å². The highest BCUT2D eigenvalue weighted by Gasteiger charge is 2.17. The third-order valence-corrected chi connectivity index (χ3v) is 4.03. The largest absolute Gasteiger partial charge is 0.496 e. The molecule has 104 valence electrons. The van der Waals surface area contributed by atoms with E-state index in [1.165, 1.54) is 31.4 Å². The molecule has 20 heavy (non-hydrogen) atoms. The van der Waals surface area contributed by atoms with Crippen LogP contribution in [0.1, 0.15) is 10.4 Å². The van der Waals surface area contributed by atoms with Crippen LogP contribution in [-0.2, 0) is 0 Å². The van der Waals surface area contributed by atoms with E-state index < -0.39 is 11.8 Å². The molecular weight excluding hydrogens is 351 g/mol. The Labute approximate surface area is 128 Å². The van der Waals surface area contributed by atoms with Crippen molar-refractivity contribution in [2.45, 2.75) is 0 Å². The second kappa shape index (κ2) is 5.81. The summed E-state index contributed by atoms with van der Waals surface area (Å²) in [5.41, 5.74) is 0.552. The van der Waals surface area contributed by atoms with Crippen LogP contribution < -0.4 is 4.74 Å². The maximum absolute atomic E-state index is 14.2. The first-order valence-corrected chi connectivity index (χ1v) is 6.68. The highest BCUT2D eigenvalue weighted by Crippen LogP contribution is 2.37. The number of carboxylic acids is 1. The van der Waals surface area contributed by atoms with Crippen molar-refractivity contribution in [1.29, 1.82) is 0 Å². The molecule has 0 saturated heterocycles. The first-order chi connectivity index (χ1) is 9.45. The summed E-state index contributed by atoms with van der Waals surface area (Å²) in [5.74, 6) is -1.37. The summed E-state index contributed by atoms with van der Waals surface area (Å²) in [6.45, 7) is 0. The number of rotatable bonds is 3. The number of halogens is 3. The topological polar surface area (TPSA) is 46.5 Å². The lowest BCUT2D eigenvalue weighted by atomic mass is 10.0. The number of ether oxygens (including phenoxy) is 1. The summed E-state index contributed by atoms with van der Waals surface area (Å²) in [6.07, 6.45) is 0. The van der Waals surface area contributed by atoms with Crippen molar-refractivity contribution in [3.8, 4) is 16.9 Å². The van der Waals surface area contributed by atoms with Crippen molar-refractivity contribution in [3.63, 3.8) is 0 Å². The Bertz CT molecular complexity index is 688. The maximum atomic E-state index is 14.2. The van der Waals surface area contributed by atoms with Gasteiger partial charge in [0.15, 0.2) is 5.82 Å². The van der Waals surface area contributed by atoms with Crippen LogP contribution >= 0.6 is 27.5 Å². The Hall–Kier alpha value is -1.59. The number of hydrogen-bond acceptors (Lipinski definition) is 2. The normalized spacial score (nSPS) is 10.4. The predicted octanol–water partition coefficient (Wildman–Crippen LogP) is 4.62. The summed E-state index contributed by atoms with van der Waals surface area (Å²) in [6, 6.07) is 7.32. The second-order valence-electron chi connectivity index (χ2n) is 3.94. The first-order valence-electron chi connectivity index (χ1n) is 5.51. The van der Waals surface area contributed by atoms with Gasteiger partial charge in [-0.25, -0.2) is 9.18 Å². The van der Waals surface area contributed by atoms with E-state index in [1.54, 1.807) is 6.07 Å². The third-order valence-electron chi connectivity index (χ3n) is 2.77. The second-order valence-corrected chi connectivity index (χ2v) is 5.18. The smallest absolute Gasteiger partial charge is 0.335 e. The lowest BCUT2D eigenvalue weighted by molar-refractivity contribution is 0.0697. The minimum absolute atomic E-state index is 0.0410. The zero-order valence-electron chi connectivity index (χ0n) is 10.3. The van der Waals surface area contributed by atoms with Gasteiger partial charge in [0, 0.05) is 15.6 Å². The van der Waals surface area contributed by atoms with Gasteiger partial charge in [0.1, 0.15) is 5.75 Å². The van der Waals surface area contributed by atoms with Gasteiger partial charge < -0.3 is 9.84 Å². The standard InChI is InChI=1S/C14H9BrClFO3/c1-20-11-5-2-7(14(18)19)6-9(11)8-3-4-10(15)12(16)13(8)17/h2-6H,1H3,(H,18,19). The zero-order chi connectivity index (χ0) is 14.9. The van der Waals surface area contributed by atoms with E-state index in [2.05, 4.69) is 15.9 Å². The molecule has 0 spiro atoms. The molecule has 0 aliphatic rings. The van der Waals surface area contributed by atoms with Crippen molar-refractivity contribution in [1.82, 2.24) is 0 Å². The van der Waals surface area contributed by atoms with Gasteiger partial charge >= 0.3 is 5.97 Å². The molecule has 0 amide bonds. The van der Waals surface area contributed by atoms with Crippen molar-refractivity contribution < 1.29 is 19.0 Å². The van der Waals surface area contributed by atoms with Crippen LogP contribution in [0, 0.1) is 5.82 Å². The average Bonchev–Trinajstić information content (AvgIpc) is 2.44. The lowest BCUT2D eigenvalue weighted by Gasteiger charge is -2.12. The Morgan fingerprint density at radius 2 is 2.00 bits per heavy atom. The SMILES string of the molecule is COc1ccc(C(=O)O)cc1-c1ccc(Br)c(Cl)c1F. The van der Waals surface area contributed by atoms with Crippen LogP contribution in [-0.4, -0.2) is 18.2 Å². The van der Waals surface area contributed by atoms with Crippen LogP contribution in [0.15, 0.2) is 34.8 Å². The number of carboxylic acid groups (broad SMARTS) is 1. The Kier molecular flexibility index (Phi) is 4.30. The molecule has 3 nitrogen and oxygen atoms in total. The Morgan fingerprint density at radius 3 is 2.60 bits per heavy atom. The summed E-state index contributed by atoms with van der Waals surface area (Å²) in [5, 5.41) is 8.96. The molecule has 0 aliphatic heterocycles. The van der Waals surface area contributed by atoms with E-state index >= 15 is 0 Å². The number of hydrogen-bond donors (Lipinski definition) is 1. The fraction of sp³-hybridized carbons (Fsp3) is 0.0714. The quantitative estimate of drug-likeness (QED) is 0.814. The van der Waals surface area contributed by atoms with E-state index in [0.717, 1.165) is 0 Å². The molecule has 0 aromatic heterocycles. The average molecular weight is 360 g/mol. The number of carbonyl (C=O) groups is 1. The van der Waals surface area contributed by atoms with Crippen molar-refractivity contribution >= 4 is 33.5 Å². The lowest BCUT2D eigenvalue weighted by Crippen LogP contribution is -1.99. The molecule has 2 rings (SSSR count). The van der Waals surface area contributed by atoms with E-state index in [-0.39, 0.29) is 16.1 Å². The van der Waals surface area contributed by atoms with Crippen molar-refractivity contribution in [3.05, 3.63) is 51.2 Å². The molecule has 0 saturated carbocycles. The van der Waals surface area contributed by atoms with Crippen LogP contribution in [0.5, 0.6) is 5.75 Å². The van der Waals surface area contributed by atoms with Crippen LogP contribution in [0.25, 0.3) is 11.1 Å². The first kappa shape index (κ1) is 14.8. The Morgan fingerprint density at radius 1 is 1.30 bits per heavy atom. The summed E-state index contributed by atoms with van der Waals surface area (Å²) < 4.78 is 19.8. The number of aromatic carboxylic acids is 1. The van der Waals surface area contributed by atoms with Gasteiger partial charge in [0.05, 0.1) is 17.7 Å². The van der Waals surface area contributed by atoms with Crippen LogP contribution in [0.2, 0.25) is 5.02 Å². The molecule has 0 fully saturated rings. The van der Waals surface area contributed by atoms with Crippen LogP contribution in [0.3, 0.4) is 0 Å². The number of methoxy groups -OCH3 is 1. The monoisotopic (exact) mass is 358 g/mol. The van der Waals surface area contributed by atoms with E-state index in [0.29, 0.717) is 15.8 Å². The fourth-order valence-corrected chi connectivity index (χ4v) is 2.26. The maximum Gasteiger partial charge on any atom is 0.335 e. The minimum Gasteiger partial charge on any atom is -0.496 e. The zero-order valence-corrected chi connectivity index (χ0v) is 12.6. The molecule has 6 heteroatoms. The molecule has 0 atom stereocenters. The minimum atomic E-state index is -1.10. The van der Waals surface area contributed by atoms with Gasteiger partial charge in [0.25, 0.3) is 0 Å². The van der Waals surface area contributed by atoms with Gasteiger partial charge in [-0.15, -0.1) is 0 Å². The van der Waals surface area contributed by atoms with E-state index in [4.69, 9.17) is 21.4 Å². The molecule has 0 heterocycles. The molecule has 2 aromatic carbocycles. The van der Waals surface area contributed by atoms with Gasteiger partial charge in [-0.05, 0) is 40.2 Å². The highest BCUT2D eigenvalue weighted by molar-refractivity contribution is 9.10. The summed E-state index contributed by atoms with van der Waals surface area (Å²) in [4.78, 5) is 11.0. The number of benzene rings is 2. The molecule has 0 radical (unpaired) electrons. The van der Waals surface area contributed by atoms with Crippen molar-refractivity contribution in [2.24, 2.45) is 0 Å². The highest BCUT2D eigenvalue weighted by atomic mass is 79.9. The molecule has 0 unspecified atom stereocenters. The molecule has 0 bridgehead atoms.